The molecule has 37 heavy (non-hydrogen) atoms. The molecule has 0 bridgehead atoms. The van der Waals surface area contributed by atoms with Gasteiger partial charge in [-0.05, 0) is 81.4 Å². The number of hydrogen-bond acceptors (Lipinski definition) is 5. The summed E-state index contributed by atoms with van der Waals surface area (Å²) in [5.41, 5.74) is 2.72. The van der Waals surface area contributed by atoms with Crippen molar-refractivity contribution in [3.8, 4) is 5.69 Å². The first-order valence-corrected chi connectivity index (χ1v) is 12.2. The Morgan fingerprint density at radius 3 is 2.19 bits per heavy atom. The van der Waals surface area contributed by atoms with Gasteiger partial charge in [-0.2, -0.15) is 0 Å². The van der Waals surface area contributed by atoms with E-state index in [1.54, 1.807) is 66.4 Å². The average molecular weight is 497 g/mol. The Morgan fingerprint density at radius 2 is 1.51 bits per heavy atom. The summed E-state index contributed by atoms with van der Waals surface area (Å²) in [6.45, 7) is 6.80. The van der Waals surface area contributed by atoms with E-state index >= 15 is 0 Å². The largest absolute Gasteiger partial charge is 0.372 e. The van der Waals surface area contributed by atoms with Gasteiger partial charge in [-0.15, -0.1) is 0 Å². The standard InChI is InChI=1S/C29H28N4O4/c1-18-16-32(17-19(2)37-18)28(35)22-8-12-23(13-9-22)31-27(34)21-10-14-24(15-11-21)33-20(3)30-26-7-5-4-6-25(26)29(33)36/h4-15,18-19H,16-17H2,1-3H3,(H,31,34). The number of aryl methyl sites for hydroxylation is 1. The third kappa shape index (κ3) is 5.01. The van der Waals surface area contributed by atoms with Crippen LogP contribution in [0.1, 0.15) is 40.4 Å². The van der Waals surface area contributed by atoms with Gasteiger partial charge >= 0.3 is 0 Å². The smallest absolute Gasteiger partial charge is 0.265 e. The van der Waals surface area contributed by atoms with Crippen LogP contribution in [0.15, 0.2) is 77.6 Å². The quantitative estimate of drug-likeness (QED) is 0.457. The van der Waals surface area contributed by atoms with Crippen LogP contribution in [-0.2, 0) is 4.74 Å². The first-order valence-electron chi connectivity index (χ1n) is 12.2. The van der Waals surface area contributed by atoms with Crippen LogP contribution in [-0.4, -0.2) is 51.6 Å². The number of anilines is 1. The van der Waals surface area contributed by atoms with Gasteiger partial charge in [0.15, 0.2) is 0 Å². The maximum Gasteiger partial charge on any atom is 0.265 e. The minimum atomic E-state index is -0.290. The number of nitrogens with zero attached hydrogens (tertiary/aromatic N) is 3. The van der Waals surface area contributed by atoms with Gasteiger partial charge in [0, 0.05) is 29.9 Å². The Balaban J connectivity index is 1.29. The molecule has 8 nitrogen and oxygen atoms in total. The van der Waals surface area contributed by atoms with Gasteiger partial charge in [-0.3, -0.25) is 19.0 Å². The summed E-state index contributed by atoms with van der Waals surface area (Å²) >= 11 is 0. The molecule has 2 unspecified atom stereocenters. The predicted octanol–water partition coefficient (Wildman–Crippen LogP) is 4.20. The van der Waals surface area contributed by atoms with Gasteiger partial charge in [-0.1, -0.05) is 12.1 Å². The lowest BCUT2D eigenvalue weighted by Crippen LogP contribution is -2.48. The third-order valence-corrected chi connectivity index (χ3v) is 6.43. The fourth-order valence-electron chi connectivity index (χ4n) is 4.74. The molecule has 0 saturated carbocycles. The molecule has 0 radical (unpaired) electrons. The number of ether oxygens (including phenoxy) is 1. The van der Waals surface area contributed by atoms with Crippen molar-refractivity contribution in [1.82, 2.24) is 14.5 Å². The molecule has 8 heteroatoms. The van der Waals surface area contributed by atoms with E-state index < -0.39 is 0 Å². The average Bonchev–Trinajstić information content (AvgIpc) is 2.88. The van der Waals surface area contributed by atoms with Crippen LogP contribution in [0.25, 0.3) is 16.6 Å². The molecule has 2 amide bonds. The van der Waals surface area contributed by atoms with Crippen molar-refractivity contribution in [2.75, 3.05) is 18.4 Å². The lowest BCUT2D eigenvalue weighted by atomic mass is 10.1. The van der Waals surface area contributed by atoms with Crippen LogP contribution in [0.5, 0.6) is 0 Å². The minimum Gasteiger partial charge on any atom is -0.372 e. The van der Waals surface area contributed by atoms with Crippen molar-refractivity contribution < 1.29 is 14.3 Å². The number of nitrogens with one attached hydrogen (secondary N) is 1. The lowest BCUT2D eigenvalue weighted by molar-refractivity contribution is -0.0586. The van der Waals surface area contributed by atoms with E-state index in [4.69, 9.17) is 4.74 Å². The summed E-state index contributed by atoms with van der Waals surface area (Å²) in [6, 6.07) is 20.9. The van der Waals surface area contributed by atoms with E-state index in [1.807, 2.05) is 32.0 Å². The van der Waals surface area contributed by atoms with Gasteiger partial charge < -0.3 is 15.0 Å². The predicted molar refractivity (Wildman–Crippen MR) is 142 cm³/mol. The van der Waals surface area contributed by atoms with Crippen molar-refractivity contribution in [2.45, 2.75) is 33.0 Å². The molecular formula is C29H28N4O4. The van der Waals surface area contributed by atoms with Crippen LogP contribution < -0.4 is 10.9 Å². The molecule has 1 aliphatic heterocycles. The number of morpholine rings is 1. The third-order valence-electron chi connectivity index (χ3n) is 6.43. The SMILES string of the molecule is Cc1nc2ccccc2c(=O)n1-c1ccc(C(=O)Nc2ccc(C(=O)N3CC(C)OC(C)C3)cc2)cc1. The first kappa shape index (κ1) is 24.4. The summed E-state index contributed by atoms with van der Waals surface area (Å²) < 4.78 is 7.24. The Kier molecular flexibility index (Phi) is 6.58. The highest BCUT2D eigenvalue weighted by atomic mass is 16.5. The molecule has 4 aromatic rings. The Hall–Kier alpha value is -4.30. The summed E-state index contributed by atoms with van der Waals surface area (Å²) in [7, 11) is 0. The summed E-state index contributed by atoms with van der Waals surface area (Å²) in [4.78, 5) is 45.1. The number of benzene rings is 3. The molecule has 1 aliphatic rings. The molecule has 1 aromatic heterocycles. The van der Waals surface area contributed by atoms with E-state index in [1.165, 1.54) is 4.57 Å². The fraction of sp³-hybridized carbons (Fsp3) is 0.241. The zero-order valence-electron chi connectivity index (χ0n) is 21.0. The van der Waals surface area contributed by atoms with Crippen LogP contribution in [0.4, 0.5) is 5.69 Å². The Morgan fingerprint density at radius 1 is 0.892 bits per heavy atom. The van der Waals surface area contributed by atoms with Crippen molar-refractivity contribution in [1.29, 1.82) is 0 Å². The topological polar surface area (TPSA) is 93.5 Å². The molecule has 1 N–H and O–H groups in total. The number of fused-ring (bicyclic) bond motifs is 1. The van der Waals surface area contributed by atoms with Crippen LogP contribution in [0.2, 0.25) is 0 Å². The molecule has 0 spiro atoms. The minimum absolute atomic E-state index is 0.00214. The molecule has 0 aliphatic carbocycles. The summed E-state index contributed by atoms with van der Waals surface area (Å²) in [5, 5.41) is 3.40. The van der Waals surface area contributed by atoms with Crippen molar-refractivity contribution in [2.24, 2.45) is 0 Å². The van der Waals surface area contributed by atoms with Gasteiger partial charge in [0.2, 0.25) is 0 Å². The molecule has 3 aromatic carbocycles. The van der Waals surface area contributed by atoms with Gasteiger partial charge in [0.1, 0.15) is 5.82 Å². The van der Waals surface area contributed by atoms with E-state index in [0.717, 1.165) is 0 Å². The van der Waals surface area contributed by atoms with E-state index in [2.05, 4.69) is 10.3 Å². The Bertz CT molecular complexity index is 1520. The highest BCUT2D eigenvalue weighted by molar-refractivity contribution is 6.04. The van der Waals surface area contributed by atoms with E-state index in [0.29, 0.717) is 52.3 Å². The highest BCUT2D eigenvalue weighted by Gasteiger charge is 2.26. The zero-order chi connectivity index (χ0) is 26.1. The normalized spacial score (nSPS) is 17.5. The van der Waals surface area contributed by atoms with Gasteiger partial charge in [-0.25, -0.2) is 4.98 Å². The maximum absolute atomic E-state index is 13.0. The summed E-state index contributed by atoms with van der Waals surface area (Å²) in [6.07, 6.45) is -0.00427. The van der Waals surface area contributed by atoms with E-state index in [9.17, 15) is 14.4 Å². The molecule has 1 saturated heterocycles. The second kappa shape index (κ2) is 9.99. The van der Waals surface area contributed by atoms with Gasteiger partial charge in [0.05, 0.1) is 28.8 Å². The maximum atomic E-state index is 13.0. The van der Waals surface area contributed by atoms with Crippen molar-refractivity contribution in [3.63, 3.8) is 0 Å². The van der Waals surface area contributed by atoms with Crippen LogP contribution in [0.3, 0.4) is 0 Å². The number of para-hydroxylation sites is 1. The number of carbonyl (C=O) groups excluding carboxylic acids is 2. The molecule has 5 rings (SSSR count). The molecule has 1 fully saturated rings. The molecule has 188 valence electrons. The Labute approximate surface area is 214 Å². The highest BCUT2D eigenvalue weighted by Crippen LogP contribution is 2.18. The summed E-state index contributed by atoms with van der Waals surface area (Å²) in [5.74, 6) is 0.225. The fourth-order valence-corrected chi connectivity index (χ4v) is 4.74. The first-order chi connectivity index (χ1) is 17.8. The lowest BCUT2D eigenvalue weighted by Gasteiger charge is -2.35. The second-order valence-corrected chi connectivity index (χ2v) is 9.36. The number of amides is 2. The number of aromatic nitrogens is 2. The van der Waals surface area contributed by atoms with Gasteiger partial charge in [0.25, 0.3) is 17.4 Å². The number of hydrogen-bond donors (Lipinski definition) is 1. The second-order valence-electron chi connectivity index (χ2n) is 9.36. The number of rotatable bonds is 4. The van der Waals surface area contributed by atoms with E-state index in [-0.39, 0.29) is 29.6 Å². The van der Waals surface area contributed by atoms with Crippen LogP contribution >= 0.6 is 0 Å². The van der Waals surface area contributed by atoms with Crippen LogP contribution in [0, 0.1) is 6.92 Å². The molecule has 2 heterocycles. The molecule has 2 atom stereocenters. The number of carbonyl (C=O) groups is 2. The van der Waals surface area contributed by atoms with Crippen molar-refractivity contribution >= 4 is 28.4 Å². The monoisotopic (exact) mass is 496 g/mol. The molecular weight excluding hydrogens is 468 g/mol. The zero-order valence-corrected chi connectivity index (χ0v) is 21.0. The van der Waals surface area contributed by atoms with Crippen molar-refractivity contribution in [3.05, 3.63) is 100 Å².